The summed E-state index contributed by atoms with van der Waals surface area (Å²) in [5.74, 6) is -0.231. The van der Waals surface area contributed by atoms with Gasteiger partial charge in [-0.05, 0) is 18.4 Å². The largest absolute Gasteiger partial charge is 0.534 e. The molecule has 0 amide bonds. The van der Waals surface area contributed by atoms with E-state index in [2.05, 4.69) is 14.2 Å². The summed E-state index contributed by atoms with van der Waals surface area (Å²) in [6.45, 7) is 0. The number of pyridine rings is 1. The summed E-state index contributed by atoms with van der Waals surface area (Å²) in [6.07, 6.45) is 2.72. The van der Waals surface area contributed by atoms with Crippen molar-refractivity contribution in [3.8, 4) is 22.9 Å². The molecule has 14 heteroatoms. The highest BCUT2D eigenvalue weighted by Gasteiger charge is 2.49. The van der Waals surface area contributed by atoms with Crippen LogP contribution in [0, 0.1) is 0 Å². The van der Waals surface area contributed by atoms with Crippen LogP contribution in [0.1, 0.15) is 0 Å². The van der Waals surface area contributed by atoms with Gasteiger partial charge in [-0.1, -0.05) is 11.8 Å². The first-order chi connectivity index (χ1) is 14.5. The fourth-order valence-corrected chi connectivity index (χ4v) is 3.40. The number of rotatable bonds is 6. The number of thioether (sulfide) groups is 1. The predicted molar refractivity (Wildman–Crippen MR) is 106 cm³/mol. The summed E-state index contributed by atoms with van der Waals surface area (Å²) in [4.78, 5) is 21.0. The van der Waals surface area contributed by atoms with E-state index < -0.39 is 26.9 Å². The second-order valence-corrected chi connectivity index (χ2v) is 8.11. The first-order valence-electron chi connectivity index (χ1n) is 8.22. The molecule has 2 aromatic heterocycles. The van der Waals surface area contributed by atoms with Crippen molar-refractivity contribution in [2.24, 2.45) is 0 Å². The fraction of sp³-hybridized carbons (Fsp3) is 0.235. The van der Waals surface area contributed by atoms with Crippen molar-refractivity contribution in [3.63, 3.8) is 0 Å². The normalized spacial score (nSPS) is 12.1. The molecule has 0 saturated heterocycles. The number of aromatic nitrogens is 3. The Morgan fingerprint density at radius 1 is 1.10 bits per heavy atom. The lowest BCUT2D eigenvalue weighted by atomic mass is 10.2. The van der Waals surface area contributed by atoms with Crippen molar-refractivity contribution in [3.05, 3.63) is 40.8 Å². The number of fused-ring (bicyclic) bond motifs is 1. The van der Waals surface area contributed by atoms with Gasteiger partial charge in [0.1, 0.15) is 11.5 Å². The van der Waals surface area contributed by atoms with Gasteiger partial charge in [0.15, 0.2) is 16.6 Å². The van der Waals surface area contributed by atoms with E-state index in [1.165, 1.54) is 32.4 Å². The van der Waals surface area contributed by atoms with Gasteiger partial charge in [0.25, 0.3) is 5.56 Å². The van der Waals surface area contributed by atoms with Crippen LogP contribution in [0.3, 0.4) is 0 Å². The Morgan fingerprint density at radius 2 is 1.81 bits per heavy atom. The number of ether oxygens (including phenoxy) is 2. The van der Waals surface area contributed by atoms with Gasteiger partial charge in [-0.2, -0.15) is 21.6 Å². The average molecular weight is 477 g/mol. The molecule has 0 N–H and O–H groups in total. The van der Waals surface area contributed by atoms with Gasteiger partial charge in [-0.15, -0.1) is 0 Å². The first-order valence-corrected chi connectivity index (χ1v) is 10.9. The molecule has 3 aromatic rings. The number of hydrogen-bond acceptors (Lipinski definition) is 9. The highest BCUT2D eigenvalue weighted by atomic mass is 32.2. The molecule has 0 atom stereocenters. The van der Waals surface area contributed by atoms with E-state index in [4.69, 9.17) is 9.47 Å². The Hall–Kier alpha value is -3.00. The minimum atomic E-state index is -6.02. The molecule has 0 unspecified atom stereocenters. The minimum Gasteiger partial charge on any atom is -0.497 e. The summed E-state index contributed by atoms with van der Waals surface area (Å²) < 4.78 is 77.0. The second kappa shape index (κ2) is 8.26. The van der Waals surface area contributed by atoms with Gasteiger partial charge in [-0.25, -0.2) is 9.97 Å². The molecule has 2 heterocycles. The summed E-state index contributed by atoms with van der Waals surface area (Å²) in [5, 5.41) is -0.0490. The molecule has 0 spiro atoms. The highest BCUT2D eigenvalue weighted by Crippen LogP contribution is 2.33. The van der Waals surface area contributed by atoms with Crippen LogP contribution in [0.5, 0.6) is 17.2 Å². The molecule has 0 fully saturated rings. The number of halogens is 3. The molecular formula is C17H14F3N3O6S2. The number of nitrogens with zero attached hydrogens (tertiary/aromatic N) is 3. The SMILES string of the molecule is COc1ccc(-n2c(=O)cc(OS(=O)(=O)C(F)(F)F)c3cnc(SC)nc32)c(OC)c1. The zero-order chi connectivity index (χ0) is 23.0. The molecule has 0 saturated carbocycles. The molecule has 0 aliphatic heterocycles. The van der Waals surface area contributed by atoms with Crippen LogP contribution in [0.2, 0.25) is 0 Å². The number of alkyl halides is 3. The Labute approximate surface area is 177 Å². The molecule has 0 aliphatic rings. The molecular weight excluding hydrogens is 463 g/mol. The monoisotopic (exact) mass is 477 g/mol. The topological polar surface area (TPSA) is 110 Å². The number of hydrogen-bond donors (Lipinski definition) is 0. The summed E-state index contributed by atoms with van der Waals surface area (Å²) >= 11 is 1.10. The van der Waals surface area contributed by atoms with Crippen LogP contribution in [-0.4, -0.2) is 48.9 Å². The van der Waals surface area contributed by atoms with Crippen LogP contribution < -0.4 is 19.2 Å². The van der Waals surface area contributed by atoms with Crippen LogP contribution in [0.25, 0.3) is 16.7 Å². The third-order valence-corrected chi connectivity index (χ3v) is 5.52. The molecule has 31 heavy (non-hydrogen) atoms. The highest BCUT2D eigenvalue weighted by molar-refractivity contribution is 7.98. The predicted octanol–water partition coefficient (Wildman–Crippen LogP) is 2.75. The Balaban J connectivity index is 2.35. The van der Waals surface area contributed by atoms with Gasteiger partial charge in [0.2, 0.25) is 0 Å². The van der Waals surface area contributed by atoms with Gasteiger partial charge in [0.05, 0.1) is 25.3 Å². The van der Waals surface area contributed by atoms with Gasteiger partial charge in [0, 0.05) is 18.3 Å². The first kappa shape index (κ1) is 22.7. The van der Waals surface area contributed by atoms with Crippen molar-refractivity contribution < 1.29 is 35.2 Å². The van der Waals surface area contributed by atoms with Crippen LogP contribution in [0.15, 0.2) is 40.4 Å². The van der Waals surface area contributed by atoms with E-state index in [1.54, 1.807) is 6.26 Å². The van der Waals surface area contributed by atoms with Crippen LogP contribution >= 0.6 is 11.8 Å². The lowest BCUT2D eigenvalue weighted by molar-refractivity contribution is -0.0499. The van der Waals surface area contributed by atoms with Gasteiger partial charge in [-0.3, -0.25) is 9.36 Å². The Morgan fingerprint density at radius 3 is 2.39 bits per heavy atom. The lowest BCUT2D eigenvalue weighted by Gasteiger charge is -2.16. The third-order valence-electron chi connectivity index (χ3n) is 3.99. The number of methoxy groups -OCH3 is 2. The molecule has 0 radical (unpaired) electrons. The molecule has 0 bridgehead atoms. The van der Waals surface area contributed by atoms with Crippen LogP contribution in [-0.2, 0) is 10.1 Å². The van der Waals surface area contributed by atoms with Crippen molar-refractivity contribution in [2.75, 3.05) is 20.5 Å². The Bertz CT molecular complexity index is 1310. The van der Waals surface area contributed by atoms with E-state index in [0.717, 1.165) is 22.5 Å². The maximum Gasteiger partial charge on any atom is 0.534 e. The average Bonchev–Trinajstić information content (AvgIpc) is 2.72. The van der Waals surface area contributed by atoms with Crippen LogP contribution in [0.4, 0.5) is 13.2 Å². The molecule has 9 nitrogen and oxygen atoms in total. The maximum atomic E-state index is 12.9. The summed E-state index contributed by atoms with van der Waals surface area (Å²) in [7, 11) is -3.24. The number of benzene rings is 1. The maximum absolute atomic E-state index is 12.9. The van der Waals surface area contributed by atoms with Gasteiger partial charge < -0.3 is 13.7 Å². The quantitative estimate of drug-likeness (QED) is 0.229. The lowest BCUT2D eigenvalue weighted by Crippen LogP contribution is -2.29. The molecule has 166 valence electrons. The zero-order valence-corrected chi connectivity index (χ0v) is 17.8. The molecule has 0 aliphatic carbocycles. The molecule has 3 rings (SSSR count). The van der Waals surface area contributed by atoms with E-state index in [0.29, 0.717) is 11.8 Å². The fourth-order valence-electron chi connectivity index (χ4n) is 2.60. The minimum absolute atomic E-state index is 0.178. The van der Waals surface area contributed by atoms with Crippen molar-refractivity contribution in [1.82, 2.24) is 14.5 Å². The van der Waals surface area contributed by atoms with E-state index in [1.807, 2.05) is 0 Å². The van der Waals surface area contributed by atoms with E-state index in [-0.39, 0.29) is 27.6 Å². The van der Waals surface area contributed by atoms with E-state index >= 15 is 0 Å². The summed E-state index contributed by atoms with van der Waals surface area (Å²) in [5.41, 5.74) is -6.58. The van der Waals surface area contributed by atoms with Gasteiger partial charge >= 0.3 is 15.6 Å². The van der Waals surface area contributed by atoms with Crippen molar-refractivity contribution in [1.29, 1.82) is 0 Å². The zero-order valence-electron chi connectivity index (χ0n) is 16.1. The second-order valence-electron chi connectivity index (χ2n) is 5.80. The van der Waals surface area contributed by atoms with E-state index in [9.17, 15) is 26.4 Å². The van der Waals surface area contributed by atoms with Crippen molar-refractivity contribution in [2.45, 2.75) is 10.7 Å². The Kier molecular flexibility index (Phi) is 6.04. The van der Waals surface area contributed by atoms with Crippen molar-refractivity contribution >= 4 is 32.9 Å². The summed E-state index contributed by atoms with van der Waals surface area (Å²) in [6, 6.07) is 5.11. The third kappa shape index (κ3) is 4.25. The smallest absolute Gasteiger partial charge is 0.497 e. The standard InChI is InChI=1S/C17H14F3N3O6S2/c1-27-9-4-5-11(13(6-9)28-2)23-14(24)7-12(29-31(25,26)17(18,19)20)10-8-21-16(30-3)22-15(10)23/h4-8H,1-3H3. The molecule has 1 aromatic carbocycles.